The summed E-state index contributed by atoms with van der Waals surface area (Å²) in [6.07, 6.45) is 3.25. The fourth-order valence-electron chi connectivity index (χ4n) is 1.95. The van der Waals surface area contributed by atoms with Crippen molar-refractivity contribution in [3.63, 3.8) is 0 Å². The van der Waals surface area contributed by atoms with E-state index in [1.54, 1.807) is 55.9 Å². The Labute approximate surface area is 126 Å². The van der Waals surface area contributed by atoms with Crippen LogP contribution in [0.2, 0.25) is 0 Å². The second kappa shape index (κ2) is 5.65. The van der Waals surface area contributed by atoms with Crippen molar-refractivity contribution in [3.05, 3.63) is 54.4 Å². The van der Waals surface area contributed by atoms with E-state index in [4.69, 9.17) is 10.5 Å². The summed E-state index contributed by atoms with van der Waals surface area (Å²) >= 11 is 0. The van der Waals surface area contributed by atoms with Crippen molar-refractivity contribution in [1.82, 2.24) is 19.7 Å². The molecular weight excluding hydrogens is 282 g/mol. The van der Waals surface area contributed by atoms with Gasteiger partial charge in [0.15, 0.2) is 5.82 Å². The molecule has 7 nitrogen and oxygen atoms in total. The molecule has 7 heteroatoms. The highest BCUT2D eigenvalue weighted by Gasteiger charge is 2.16. The fourth-order valence-corrected chi connectivity index (χ4v) is 1.95. The van der Waals surface area contributed by atoms with E-state index in [1.807, 2.05) is 0 Å². The smallest absolute Gasteiger partial charge is 0.281 e. The van der Waals surface area contributed by atoms with E-state index in [0.29, 0.717) is 17.1 Å². The molecule has 0 aliphatic carbocycles. The van der Waals surface area contributed by atoms with E-state index < -0.39 is 0 Å². The molecule has 0 aliphatic rings. The van der Waals surface area contributed by atoms with Gasteiger partial charge in [0.1, 0.15) is 5.75 Å². The lowest BCUT2D eigenvalue weighted by Gasteiger charge is -2.03. The Hall–Kier alpha value is -3.22. The molecule has 0 aliphatic heterocycles. The maximum absolute atomic E-state index is 12.4. The summed E-state index contributed by atoms with van der Waals surface area (Å²) in [7, 11) is 1.56. The number of anilines is 1. The van der Waals surface area contributed by atoms with Crippen LogP contribution < -0.4 is 10.5 Å². The van der Waals surface area contributed by atoms with Crippen LogP contribution in [0.5, 0.6) is 5.75 Å². The molecule has 0 unspecified atom stereocenters. The number of nitrogens with two attached hydrogens (primary N) is 1. The molecule has 0 saturated carbocycles. The number of pyridine rings is 1. The van der Waals surface area contributed by atoms with Crippen LogP contribution in [-0.4, -0.2) is 32.8 Å². The number of rotatable bonds is 3. The molecule has 2 N–H and O–H groups in total. The van der Waals surface area contributed by atoms with Gasteiger partial charge in [-0.25, -0.2) is 0 Å². The number of aromatic nitrogens is 4. The highest BCUT2D eigenvalue weighted by Crippen LogP contribution is 2.17. The lowest BCUT2D eigenvalue weighted by atomic mass is 10.2. The predicted octanol–water partition coefficient (Wildman–Crippen LogP) is 1.62. The Morgan fingerprint density at radius 3 is 2.45 bits per heavy atom. The first-order valence-corrected chi connectivity index (χ1v) is 6.50. The Morgan fingerprint density at radius 1 is 1.14 bits per heavy atom. The second-order valence-corrected chi connectivity index (χ2v) is 4.47. The van der Waals surface area contributed by atoms with Gasteiger partial charge in [-0.2, -0.15) is 9.67 Å². The van der Waals surface area contributed by atoms with Crippen LogP contribution in [0.15, 0.2) is 48.8 Å². The summed E-state index contributed by atoms with van der Waals surface area (Å²) in [6.45, 7) is 0. The average Bonchev–Trinajstić information content (AvgIpc) is 2.97. The monoisotopic (exact) mass is 295 g/mol. The molecule has 0 radical (unpaired) electrons. The number of nitrogen functional groups attached to an aromatic ring is 1. The Morgan fingerprint density at radius 2 is 1.82 bits per heavy atom. The molecule has 110 valence electrons. The number of ether oxygens (including phenoxy) is 1. The molecule has 0 fully saturated rings. The summed E-state index contributed by atoms with van der Waals surface area (Å²) in [5.41, 5.74) is 6.98. The van der Waals surface area contributed by atoms with Crippen LogP contribution in [0, 0.1) is 0 Å². The molecule has 22 heavy (non-hydrogen) atoms. The van der Waals surface area contributed by atoms with Gasteiger partial charge in [0.05, 0.1) is 7.11 Å². The minimum absolute atomic E-state index is 0.0348. The topological polar surface area (TPSA) is 95.9 Å². The standard InChI is InChI=1S/C15H13N5O2/c1-22-12-4-2-11(3-5-12)14(21)20-15(16)18-13(19-20)10-6-8-17-9-7-10/h2-9H,1H3,(H2,16,18,19). The first-order chi connectivity index (χ1) is 10.7. The van der Waals surface area contributed by atoms with Gasteiger partial charge < -0.3 is 10.5 Å². The number of carbonyl (C=O) groups excluding carboxylic acids is 1. The van der Waals surface area contributed by atoms with Crippen LogP contribution in [0.25, 0.3) is 11.4 Å². The third kappa shape index (κ3) is 2.51. The zero-order chi connectivity index (χ0) is 15.5. The van der Waals surface area contributed by atoms with Crippen molar-refractivity contribution in [2.75, 3.05) is 12.8 Å². The lowest BCUT2D eigenvalue weighted by Crippen LogP contribution is -2.16. The molecule has 0 atom stereocenters. The van der Waals surface area contributed by atoms with Gasteiger partial charge >= 0.3 is 0 Å². The molecule has 0 bridgehead atoms. The van der Waals surface area contributed by atoms with E-state index >= 15 is 0 Å². The summed E-state index contributed by atoms with van der Waals surface area (Å²) in [5, 5.41) is 4.17. The van der Waals surface area contributed by atoms with Crippen LogP contribution >= 0.6 is 0 Å². The number of nitrogens with zero attached hydrogens (tertiary/aromatic N) is 4. The number of methoxy groups -OCH3 is 1. The third-order valence-corrected chi connectivity index (χ3v) is 3.10. The summed E-state index contributed by atoms with van der Waals surface area (Å²) in [6, 6.07) is 10.2. The van der Waals surface area contributed by atoms with Gasteiger partial charge in [-0.3, -0.25) is 9.78 Å². The highest BCUT2D eigenvalue weighted by molar-refractivity contribution is 5.97. The average molecular weight is 295 g/mol. The molecule has 0 saturated heterocycles. The zero-order valence-corrected chi connectivity index (χ0v) is 11.8. The number of hydrogen-bond acceptors (Lipinski definition) is 6. The number of carbonyl (C=O) groups is 1. The normalized spacial score (nSPS) is 10.4. The van der Waals surface area contributed by atoms with Crippen LogP contribution in [0.4, 0.5) is 5.95 Å². The summed E-state index contributed by atoms with van der Waals surface area (Å²) in [4.78, 5) is 20.5. The van der Waals surface area contributed by atoms with Crippen LogP contribution in [0.3, 0.4) is 0 Å². The zero-order valence-electron chi connectivity index (χ0n) is 11.8. The van der Waals surface area contributed by atoms with Gasteiger partial charge in [0.25, 0.3) is 5.91 Å². The second-order valence-electron chi connectivity index (χ2n) is 4.47. The molecule has 1 aromatic carbocycles. The van der Waals surface area contributed by atoms with Gasteiger partial charge in [-0.15, -0.1) is 5.10 Å². The van der Waals surface area contributed by atoms with Crippen molar-refractivity contribution in [1.29, 1.82) is 0 Å². The minimum atomic E-state index is -0.354. The maximum Gasteiger partial charge on any atom is 0.281 e. The van der Waals surface area contributed by atoms with E-state index in [1.165, 1.54) is 0 Å². The summed E-state index contributed by atoms with van der Waals surface area (Å²) in [5.74, 6) is 0.725. The van der Waals surface area contributed by atoms with E-state index in [9.17, 15) is 4.79 Å². The number of benzene rings is 1. The third-order valence-electron chi connectivity index (χ3n) is 3.10. The highest BCUT2D eigenvalue weighted by atomic mass is 16.5. The van der Waals surface area contributed by atoms with Gasteiger partial charge in [0, 0.05) is 23.5 Å². The molecule has 3 rings (SSSR count). The quantitative estimate of drug-likeness (QED) is 0.788. The fraction of sp³-hybridized carbons (Fsp3) is 0.0667. The molecule has 3 aromatic rings. The lowest BCUT2D eigenvalue weighted by molar-refractivity contribution is 0.0948. The number of hydrogen-bond donors (Lipinski definition) is 1. The Bertz CT molecular complexity index is 797. The van der Waals surface area contributed by atoms with E-state index in [0.717, 1.165) is 10.2 Å². The van der Waals surface area contributed by atoms with Crippen molar-refractivity contribution >= 4 is 11.9 Å². The molecule has 0 spiro atoms. The van der Waals surface area contributed by atoms with Crippen LogP contribution in [-0.2, 0) is 0 Å². The largest absolute Gasteiger partial charge is 0.497 e. The first kappa shape index (κ1) is 13.7. The molecule has 0 amide bonds. The first-order valence-electron chi connectivity index (χ1n) is 6.50. The van der Waals surface area contributed by atoms with Crippen molar-refractivity contribution < 1.29 is 9.53 Å². The molecular formula is C15H13N5O2. The molecule has 2 heterocycles. The molecule has 2 aromatic heterocycles. The predicted molar refractivity (Wildman–Crippen MR) is 80.4 cm³/mol. The Kier molecular flexibility index (Phi) is 3.53. The van der Waals surface area contributed by atoms with Crippen molar-refractivity contribution in [3.8, 4) is 17.1 Å². The summed E-state index contributed by atoms with van der Waals surface area (Å²) < 4.78 is 6.14. The maximum atomic E-state index is 12.4. The van der Waals surface area contributed by atoms with Crippen molar-refractivity contribution in [2.45, 2.75) is 0 Å². The van der Waals surface area contributed by atoms with Crippen molar-refractivity contribution in [2.24, 2.45) is 0 Å². The minimum Gasteiger partial charge on any atom is -0.497 e. The SMILES string of the molecule is COc1ccc(C(=O)n2nc(-c3ccncc3)nc2N)cc1. The Balaban J connectivity index is 1.94. The van der Waals surface area contributed by atoms with Gasteiger partial charge in [-0.1, -0.05) is 0 Å². The van der Waals surface area contributed by atoms with Gasteiger partial charge in [0.2, 0.25) is 5.95 Å². The van der Waals surface area contributed by atoms with E-state index in [-0.39, 0.29) is 11.9 Å². The van der Waals surface area contributed by atoms with Gasteiger partial charge in [-0.05, 0) is 36.4 Å². The van der Waals surface area contributed by atoms with E-state index in [2.05, 4.69) is 15.1 Å². The van der Waals surface area contributed by atoms with Crippen LogP contribution in [0.1, 0.15) is 10.4 Å².